The van der Waals surface area contributed by atoms with Gasteiger partial charge in [0.1, 0.15) is 4.47 Å². The number of hydrogen-bond donors (Lipinski definition) is 1. The van der Waals surface area contributed by atoms with Gasteiger partial charge in [0.2, 0.25) is 0 Å². The van der Waals surface area contributed by atoms with E-state index in [1.807, 2.05) is 19.0 Å². The molecule has 2 rings (SSSR count). The molecule has 1 N–H and O–H groups in total. The number of likely N-dealkylation sites (tertiary alicyclic amines) is 1. The molecule has 21 heavy (non-hydrogen) atoms. The average Bonchev–Trinajstić information content (AvgIpc) is 2.43. The normalized spacial score (nSPS) is 20.0. The van der Waals surface area contributed by atoms with Gasteiger partial charge in [-0.15, -0.1) is 0 Å². The van der Waals surface area contributed by atoms with Gasteiger partial charge in [-0.1, -0.05) is 0 Å². The SMILES string of the molecule is CN(C)CCn1ncc(NC2CCCN(C)C2)c(Br)c1=O. The van der Waals surface area contributed by atoms with Crippen LogP contribution in [-0.4, -0.2) is 66.4 Å². The van der Waals surface area contributed by atoms with Gasteiger partial charge < -0.3 is 15.1 Å². The van der Waals surface area contributed by atoms with Crippen LogP contribution in [0.3, 0.4) is 0 Å². The fraction of sp³-hybridized carbons (Fsp3) is 0.714. The number of hydrogen-bond acceptors (Lipinski definition) is 5. The van der Waals surface area contributed by atoms with Crippen molar-refractivity contribution in [2.45, 2.75) is 25.4 Å². The van der Waals surface area contributed by atoms with Crippen molar-refractivity contribution in [3.63, 3.8) is 0 Å². The predicted octanol–water partition coefficient (Wildman–Crippen LogP) is 1.07. The van der Waals surface area contributed by atoms with Gasteiger partial charge in [0.25, 0.3) is 5.56 Å². The summed E-state index contributed by atoms with van der Waals surface area (Å²) in [6, 6.07) is 0.374. The van der Waals surface area contributed by atoms with E-state index in [0.717, 1.165) is 31.7 Å². The zero-order chi connectivity index (χ0) is 15.4. The van der Waals surface area contributed by atoms with Gasteiger partial charge in [0.15, 0.2) is 0 Å². The topological polar surface area (TPSA) is 53.4 Å². The summed E-state index contributed by atoms with van der Waals surface area (Å²) in [5.41, 5.74) is 0.715. The average molecular weight is 358 g/mol. The van der Waals surface area contributed by atoms with Crippen LogP contribution in [0.4, 0.5) is 5.69 Å². The molecule has 1 saturated heterocycles. The van der Waals surface area contributed by atoms with E-state index >= 15 is 0 Å². The molecule has 0 aromatic carbocycles. The summed E-state index contributed by atoms with van der Waals surface area (Å²) in [5.74, 6) is 0. The number of nitrogens with zero attached hydrogens (tertiary/aromatic N) is 4. The summed E-state index contributed by atoms with van der Waals surface area (Å²) in [7, 11) is 6.09. The van der Waals surface area contributed by atoms with Crippen molar-refractivity contribution >= 4 is 21.6 Å². The molecule has 2 heterocycles. The quantitative estimate of drug-likeness (QED) is 0.854. The highest BCUT2D eigenvalue weighted by atomic mass is 79.9. The van der Waals surface area contributed by atoms with Crippen LogP contribution in [0.25, 0.3) is 0 Å². The largest absolute Gasteiger partial charge is 0.379 e. The third-order valence-corrected chi connectivity index (χ3v) is 4.49. The van der Waals surface area contributed by atoms with Crippen LogP contribution in [0.15, 0.2) is 15.5 Å². The first kappa shape index (κ1) is 16.5. The maximum absolute atomic E-state index is 12.3. The molecule has 118 valence electrons. The van der Waals surface area contributed by atoms with E-state index in [1.54, 1.807) is 6.20 Å². The molecule has 0 bridgehead atoms. The Hall–Kier alpha value is -0.920. The number of aromatic nitrogens is 2. The van der Waals surface area contributed by atoms with Gasteiger partial charge in [-0.25, -0.2) is 4.68 Å². The fourth-order valence-corrected chi connectivity index (χ4v) is 2.95. The molecule has 1 aromatic heterocycles. The second kappa shape index (κ2) is 7.38. The first-order chi connectivity index (χ1) is 9.97. The lowest BCUT2D eigenvalue weighted by atomic mass is 10.1. The third kappa shape index (κ3) is 4.52. The number of anilines is 1. The monoisotopic (exact) mass is 357 g/mol. The van der Waals surface area contributed by atoms with Crippen molar-refractivity contribution in [2.24, 2.45) is 0 Å². The molecule has 0 amide bonds. The molecule has 0 aliphatic carbocycles. The molecule has 7 heteroatoms. The van der Waals surface area contributed by atoms with Crippen molar-refractivity contribution in [3.8, 4) is 0 Å². The zero-order valence-electron chi connectivity index (χ0n) is 13.0. The molecular weight excluding hydrogens is 334 g/mol. The zero-order valence-corrected chi connectivity index (χ0v) is 14.6. The van der Waals surface area contributed by atoms with Crippen LogP contribution < -0.4 is 10.9 Å². The molecule has 1 unspecified atom stereocenters. The molecular formula is C14H24BrN5O. The van der Waals surface area contributed by atoms with Gasteiger partial charge in [-0.3, -0.25) is 4.79 Å². The summed E-state index contributed by atoms with van der Waals surface area (Å²) in [6.45, 7) is 3.52. The lowest BCUT2D eigenvalue weighted by Crippen LogP contribution is -2.40. The third-order valence-electron chi connectivity index (χ3n) is 3.73. The Balaban J connectivity index is 2.07. The lowest BCUT2D eigenvalue weighted by Gasteiger charge is -2.31. The van der Waals surface area contributed by atoms with Gasteiger partial charge in [-0.2, -0.15) is 5.10 Å². The first-order valence-electron chi connectivity index (χ1n) is 7.33. The van der Waals surface area contributed by atoms with Crippen LogP contribution in [0.5, 0.6) is 0 Å². The van der Waals surface area contributed by atoms with Crippen LogP contribution in [0.2, 0.25) is 0 Å². The molecule has 1 fully saturated rings. The Kier molecular flexibility index (Phi) is 5.78. The predicted molar refractivity (Wildman–Crippen MR) is 88.9 cm³/mol. The van der Waals surface area contributed by atoms with E-state index < -0.39 is 0 Å². The summed E-state index contributed by atoms with van der Waals surface area (Å²) in [5, 5.41) is 7.70. The Bertz CT molecular complexity index is 531. The van der Waals surface area contributed by atoms with Gasteiger partial charge >= 0.3 is 0 Å². The van der Waals surface area contributed by atoms with Crippen molar-refractivity contribution in [2.75, 3.05) is 46.1 Å². The lowest BCUT2D eigenvalue weighted by molar-refractivity contribution is 0.261. The van der Waals surface area contributed by atoms with E-state index in [2.05, 4.69) is 38.3 Å². The Labute approximate surface area is 134 Å². The molecule has 1 atom stereocenters. The van der Waals surface area contributed by atoms with Crippen LogP contribution >= 0.6 is 15.9 Å². The summed E-state index contributed by atoms with van der Waals surface area (Å²) < 4.78 is 2.08. The molecule has 1 aliphatic rings. The second-order valence-corrected chi connectivity index (χ2v) is 6.74. The highest BCUT2D eigenvalue weighted by molar-refractivity contribution is 9.10. The van der Waals surface area contributed by atoms with Gasteiger partial charge in [0, 0.05) is 19.1 Å². The van der Waals surface area contributed by atoms with Gasteiger partial charge in [-0.05, 0) is 56.5 Å². The molecule has 0 saturated carbocycles. The second-order valence-electron chi connectivity index (χ2n) is 5.95. The van der Waals surface area contributed by atoms with Crippen molar-refractivity contribution in [3.05, 3.63) is 21.0 Å². The summed E-state index contributed by atoms with van der Waals surface area (Å²) in [6.07, 6.45) is 4.05. The molecule has 1 aromatic rings. The van der Waals surface area contributed by atoms with Crippen LogP contribution in [0, 0.1) is 0 Å². The number of nitrogens with one attached hydrogen (secondary N) is 1. The van der Waals surface area contributed by atoms with E-state index in [9.17, 15) is 4.79 Å². The standard InChI is InChI=1S/C14H24BrN5O/c1-18(2)7-8-20-14(21)13(15)12(9-16-20)17-11-5-4-6-19(3)10-11/h9,11,17H,4-8,10H2,1-3H3. The van der Waals surface area contributed by atoms with E-state index in [4.69, 9.17) is 0 Å². The molecule has 0 radical (unpaired) electrons. The minimum absolute atomic E-state index is 0.0778. The highest BCUT2D eigenvalue weighted by Crippen LogP contribution is 2.20. The smallest absolute Gasteiger partial charge is 0.283 e. The Morgan fingerprint density at radius 1 is 1.52 bits per heavy atom. The van der Waals surface area contributed by atoms with Crippen LogP contribution in [0.1, 0.15) is 12.8 Å². The summed E-state index contributed by atoms with van der Waals surface area (Å²) in [4.78, 5) is 16.6. The van der Waals surface area contributed by atoms with E-state index in [0.29, 0.717) is 17.1 Å². The maximum atomic E-state index is 12.3. The van der Waals surface area contributed by atoms with Crippen molar-refractivity contribution < 1.29 is 0 Å². The minimum atomic E-state index is -0.0778. The van der Waals surface area contributed by atoms with E-state index in [-0.39, 0.29) is 5.56 Å². The number of halogens is 1. The molecule has 1 aliphatic heterocycles. The van der Waals surface area contributed by atoms with Crippen molar-refractivity contribution in [1.29, 1.82) is 0 Å². The minimum Gasteiger partial charge on any atom is -0.379 e. The highest BCUT2D eigenvalue weighted by Gasteiger charge is 2.19. The Morgan fingerprint density at radius 2 is 2.29 bits per heavy atom. The summed E-state index contributed by atoms with van der Waals surface area (Å²) >= 11 is 3.42. The number of rotatable bonds is 5. The fourth-order valence-electron chi connectivity index (χ4n) is 2.52. The number of piperidine rings is 1. The number of likely N-dealkylation sites (N-methyl/N-ethyl adjacent to an activating group) is 2. The van der Waals surface area contributed by atoms with E-state index in [1.165, 1.54) is 11.1 Å². The Morgan fingerprint density at radius 3 is 2.95 bits per heavy atom. The van der Waals surface area contributed by atoms with Crippen LogP contribution in [-0.2, 0) is 6.54 Å². The molecule has 0 spiro atoms. The first-order valence-corrected chi connectivity index (χ1v) is 8.12. The molecule has 6 nitrogen and oxygen atoms in total. The maximum Gasteiger partial charge on any atom is 0.283 e. The van der Waals surface area contributed by atoms with Gasteiger partial charge in [0.05, 0.1) is 18.4 Å². The van der Waals surface area contributed by atoms with Crippen molar-refractivity contribution in [1.82, 2.24) is 19.6 Å².